The summed E-state index contributed by atoms with van der Waals surface area (Å²) in [6.45, 7) is 4.32. The van der Waals surface area contributed by atoms with Crippen LogP contribution < -0.4 is 0 Å². The van der Waals surface area contributed by atoms with Gasteiger partial charge >= 0.3 is 5.97 Å². The standard InChI is InChI=1S/C22H22N2O3/c1-14-21(22(26)27)15(2)24(23(14)13-16-8-4-3-5-9-16)19-12-20(25)18-11-7-6-10-17(18)19/h3-12,14,20,25H,13H2,1-2H3,(H,26,27). The molecule has 2 aliphatic rings. The number of carboxylic acid groups (broad SMARTS) is 1. The number of hydrazine groups is 1. The fourth-order valence-corrected chi connectivity index (χ4v) is 4.06. The fraction of sp³-hybridized carbons (Fsp3) is 0.227. The van der Waals surface area contributed by atoms with Crippen molar-refractivity contribution in [1.82, 2.24) is 10.0 Å². The first-order chi connectivity index (χ1) is 13.0. The van der Waals surface area contributed by atoms with Gasteiger partial charge in [-0.05, 0) is 31.1 Å². The molecule has 0 spiro atoms. The first-order valence-electron chi connectivity index (χ1n) is 9.03. The Morgan fingerprint density at radius 2 is 1.74 bits per heavy atom. The lowest BCUT2D eigenvalue weighted by Gasteiger charge is -2.35. The summed E-state index contributed by atoms with van der Waals surface area (Å²) in [6.07, 6.45) is 1.11. The molecule has 0 bridgehead atoms. The van der Waals surface area contributed by atoms with Crippen LogP contribution in [0.5, 0.6) is 0 Å². The molecule has 0 amide bonds. The van der Waals surface area contributed by atoms with Crippen LogP contribution >= 0.6 is 0 Å². The van der Waals surface area contributed by atoms with Crippen LogP contribution in [0.4, 0.5) is 0 Å². The van der Waals surface area contributed by atoms with Gasteiger partial charge in [-0.2, -0.15) is 0 Å². The number of hydrogen-bond acceptors (Lipinski definition) is 4. The zero-order valence-corrected chi connectivity index (χ0v) is 15.3. The van der Waals surface area contributed by atoms with Gasteiger partial charge in [-0.1, -0.05) is 54.6 Å². The van der Waals surface area contributed by atoms with Crippen LogP contribution in [0.2, 0.25) is 0 Å². The smallest absolute Gasteiger partial charge is 0.335 e. The number of aliphatic hydroxyl groups is 1. The summed E-state index contributed by atoms with van der Waals surface area (Å²) in [6, 6.07) is 17.4. The Kier molecular flexibility index (Phi) is 4.34. The Morgan fingerprint density at radius 3 is 2.44 bits per heavy atom. The normalized spacial score (nSPS) is 22.2. The summed E-state index contributed by atoms with van der Waals surface area (Å²) >= 11 is 0. The molecule has 1 aliphatic carbocycles. The molecule has 2 aromatic carbocycles. The van der Waals surface area contributed by atoms with Crippen molar-refractivity contribution in [3.8, 4) is 0 Å². The molecule has 5 heteroatoms. The van der Waals surface area contributed by atoms with Crippen LogP contribution in [0.25, 0.3) is 5.70 Å². The van der Waals surface area contributed by atoms with E-state index in [9.17, 15) is 15.0 Å². The van der Waals surface area contributed by atoms with Crippen molar-refractivity contribution in [2.24, 2.45) is 0 Å². The molecule has 1 heterocycles. The topological polar surface area (TPSA) is 64.0 Å². The largest absolute Gasteiger partial charge is 0.478 e. The van der Waals surface area contributed by atoms with E-state index >= 15 is 0 Å². The lowest BCUT2D eigenvalue weighted by atomic mass is 10.1. The van der Waals surface area contributed by atoms with Gasteiger partial charge < -0.3 is 10.2 Å². The van der Waals surface area contributed by atoms with E-state index in [-0.39, 0.29) is 6.04 Å². The lowest BCUT2D eigenvalue weighted by Crippen LogP contribution is -2.40. The van der Waals surface area contributed by atoms with Crippen LogP contribution in [-0.2, 0) is 11.3 Å². The molecule has 4 rings (SSSR count). The van der Waals surface area contributed by atoms with E-state index in [1.54, 1.807) is 6.08 Å². The number of aliphatic carboxylic acids is 1. The summed E-state index contributed by atoms with van der Waals surface area (Å²) in [5.41, 5.74) is 4.76. The van der Waals surface area contributed by atoms with E-state index in [1.165, 1.54) is 0 Å². The maximum Gasteiger partial charge on any atom is 0.335 e. The number of carboxylic acids is 1. The number of aliphatic hydroxyl groups excluding tert-OH is 1. The second kappa shape index (κ2) is 6.68. The third-order valence-electron chi connectivity index (χ3n) is 5.35. The van der Waals surface area contributed by atoms with Crippen molar-refractivity contribution in [3.05, 3.63) is 88.6 Å². The summed E-state index contributed by atoms with van der Waals surface area (Å²) < 4.78 is 0. The molecular weight excluding hydrogens is 340 g/mol. The number of nitrogens with zero attached hydrogens (tertiary/aromatic N) is 2. The first-order valence-corrected chi connectivity index (χ1v) is 9.03. The number of fused-ring (bicyclic) bond motifs is 1. The van der Waals surface area contributed by atoms with Gasteiger partial charge in [0.1, 0.15) is 6.10 Å². The lowest BCUT2D eigenvalue weighted by molar-refractivity contribution is -0.133. The van der Waals surface area contributed by atoms with E-state index in [0.717, 1.165) is 22.4 Å². The minimum atomic E-state index is -0.909. The third kappa shape index (κ3) is 2.85. The summed E-state index contributed by atoms with van der Waals surface area (Å²) in [4.78, 5) is 11.9. The summed E-state index contributed by atoms with van der Waals surface area (Å²) in [7, 11) is 0. The van der Waals surface area contributed by atoms with Crippen molar-refractivity contribution < 1.29 is 15.0 Å². The molecule has 2 atom stereocenters. The molecule has 0 fully saturated rings. The quantitative estimate of drug-likeness (QED) is 0.871. The summed E-state index contributed by atoms with van der Waals surface area (Å²) in [5.74, 6) is -0.909. The molecule has 5 nitrogen and oxygen atoms in total. The molecular formula is C22H22N2O3. The van der Waals surface area contributed by atoms with Crippen molar-refractivity contribution in [2.45, 2.75) is 32.5 Å². The maximum absolute atomic E-state index is 11.9. The van der Waals surface area contributed by atoms with Crippen molar-refractivity contribution in [1.29, 1.82) is 0 Å². The van der Waals surface area contributed by atoms with Crippen molar-refractivity contribution in [3.63, 3.8) is 0 Å². The zero-order valence-electron chi connectivity index (χ0n) is 15.3. The van der Waals surface area contributed by atoms with Gasteiger partial charge in [-0.25, -0.2) is 9.80 Å². The zero-order chi connectivity index (χ0) is 19.1. The molecule has 0 aromatic heterocycles. The highest BCUT2D eigenvalue weighted by molar-refractivity contribution is 5.90. The average Bonchev–Trinajstić information content (AvgIpc) is 3.10. The number of carbonyl (C=O) groups is 1. The molecule has 0 radical (unpaired) electrons. The Labute approximate surface area is 158 Å². The SMILES string of the molecule is CC1=C(C(=O)O)C(C)N(Cc2ccccc2)N1C1=CC(O)c2ccccc21. The second-order valence-corrected chi connectivity index (χ2v) is 6.96. The van der Waals surface area contributed by atoms with Gasteiger partial charge in [0.15, 0.2) is 0 Å². The van der Waals surface area contributed by atoms with Gasteiger partial charge in [0, 0.05) is 17.8 Å². The predicted molar refractivity (Wildman–Crippen MR) is 103 cm³/mol. The average molecular weight is 362 g/mol. The first kappa shape index (κ1) is 17.5. The van der Waals surface area contributed by atoms with Crippen molar-refractivity contribution >= 4 is 11.7 Å². The fourth-order valence-electron chi connectivity index (χ4n) is 4.06. The molecule has 27 heavy (non-hydrogen) atoms. The van der Waals surface area contributed by atoms with Crippen LogP contribution in [0.1, 0.15) is 36.6 Å². The number of rotatable bonds is 4. The van der Waals surface area contributed by atoms with Gasteiger partial charge in [0.2, 0.25) is 0 Å². The minimum Gasteiger partial charge on any atom is -0.478 e. The predicted octanol–water partition coefficient (Wildman–Crippen LogP) is 3.55. The number of benzene rings is 2. The molecule has 0 saturated carbocycles. The molecule has 2 N–H and O–H groups in total. The number of hydrogen-bond donors (Lipinski definition) is 2. The van der Waals surface area contributed by atoms with Crippen LogP contribution in [0.3, 0.4) is 0 Å². The Hall–Kier alpha value is -2.89. The highest BCUT2D eigenvalue weighted by Crippen LogP contribution is 2.43. The maximum atomic E-state index is 11.9. The highest BCUT2D eigenvalue weighted by Gasteiger charge is 2.41. The second-order valence-electron chi connectivity index (χ2n) is 6.96. The van der Waals surface area contributed by atoms with Gasteiger partial charge in [0.25, 0.3) is 0 Å². The Bertz CT molecular complexity index is 949. The van der Waals surface area contributed by atoms with E-state index < -0.39 is 12.1 Å². The third-order valence-corrected chi connectivity index (χ3v) is 5.35. The van der Waals surface area contributed by atoms with Crippen molar-refractivity contribution in [2.75, 3.05) is 0 Å². The van der Waals surface area contributed by atoms with Crippen LogP contribution in [0, 0.1) is 0 Å². The highest BCUT2D eigenvalue weighted by atomic mass is 16.4. The monoisotopic (exact) mass is 362 g/mol. The van der Waals surface area contributed by atoms with E-state index in [4.69, 9.17) is 0 Å². The van der Waals surface area contributed by atoms with Gasteiger partial charge in [-0.15, -0.1) is 0 Å². The molecule has 1 aliphatic heterocycles. The minimum absolute atomic E-state index is 0.284. The molecule has 2 unspecified atom stereocenters. The van der Waals surface area contributed by atoms with Crippen LogP contribution in [-0.4, -0.2) is 32.2 Å². The van der Waals surface area contributed by atoms with E-state index in [0.29, 0.717) is 17.8 Å². The molecule has 2 aromatic rings. The Morgan fingerprint density at radius 1 is 1.07 bits per heavy atom. The summed E-state index contributed by atoms with van der Waals surface area (Å²) in [5, 5.41) is 24.2. The Balaban J connectivity index is 1.80. The molecule has 138 valence electrons. The van der Waals surface area contributed by atoms with E-state index in [1.807, 2.05) is 73.5 Å². The number of allylic oxidation sites excluding steroid dienone is 1. The van der Waals surface area contributed by atoms with E-state index in [2.05, 4.69) is 5.01 Å². The van der Waals surface area contributed by atoms with Gasteiger partial charge in [-0.3, -0.25) is 5.01 Å². The van der Waals surface area contributed by atoms with Crippen LogP contribution in [0.15, 0.2) is 71.9 Å². The van der Waals surface area contributed by atoms with Gasteiger partial charge in [0.05, 0.1) is 17.3 Å². The molecule has 0 saturated heterocycles.